The number of nitrogens with one attached hydrogen (secondary N) is 3. The molecule has 1 saturated carbocycles. The molecule has 1 aliphatic rings. The second kappa shape index (κ2) is 10.5. The van der Waals surface area contributed by atoms with Crippen molar-refractivity contribution in [3.05, 3.63) is 73.2 Å². The van der Waals surface area contributed by atoms with Crippen LogP contribution in [0.3, 0.4) is 0 Å². The number of aromatic amines is 2. The molecule has 7 rings (SSSR count). The summed E-state index contributed by atoms with van der Waals surface area (Å²) in [6.07, 6.45) is 15.0. The average Bonchev–Trinajstić information content (AvgIpc) is 3.62. The molecule has 5 heterocycles. The number of halogens is 1. The zero-order valence-electron chi connectivity index (χ0n) is 22.2. The molecule has 0 bridgehead atoms. The lowest BCUT2D eigenvalue weighted by molar-refractivity contribution is -0.117. The Hall–Kier alpha value is -4.99. The molecule has 1 amide bonds. The number of anilines is 1. The van der Waals surface area contributed by atoms with Crippen molar-refractivity contribution in [2.24, 2.45) is 5.92 Å². The van der Waals surface area contributed by atoms with Gasteiger partial charge in [0.25, 0.3) is 0 Å². The van der Waals surface area contributed by atoms with Crippen LogP contribution in [-0.2, 0) is 4.79 Å². The van der Waals surface area contributed by atoms with Gasteiger partial charge in [0.1, 0.15) is 11.5 Å². The van der Waals surface area contributed by atoms with Crippen LogP contribution in [0.15, 0.2) is 67.4 Å². The first-order valence-corrected chi connectivity index (χ1v) is 13.8. The summed E-state index contributed by atoms with van der Waals surface area (Å²) in [6, 6.07) is 10.1. The summed E-state index contributed by atoms with van der Waals surface area (Å²) in [5.41, 5.74) is 6.58. The van der Waals surface area contributed by atoms with Gasteiger partial charge in [0.2, 0.25) is 5.91 Å². The van der Waals surface area contributed by atoms with E-state index in [2.05, 4.69) is 35.5 Å². The predicted molar refractivity (Wildman–Crippen MR) is 155 cm³/mol. The molecule has 1 aliphatic carbocycles. The lowest BCUT2D eigenvalue weighted by atomic mass is 9.87. The van der Waals surface area contributed by atoms with Gasteiger partial charge >= 0.3 is 0 Å². The first-order valence-electron chi connectivity index (χ1n) is 13.8. The fraction of sp³-hybridized carbons (Fsp3) is 0.226. The number of aromatic nitrogens is 7. The number of hydrogen-bond acceptors (Lipinski definition) is 6. The van der Waals surface area contributed by atoms with Crippen molar-refractivity contribution in [1.82, 2.24) is 35.1 Å². The topological polar surface area (TPSA) is 125 Å². The zero-order chi connectivity index (χ0) is 27.8. The smallest absolute Gasteiger partial charge is 0.224 e. The molecule has 1 fully saturated rings. The van der Waals surface area contributed by atoms with Crippen LogP contribution in [0.25, 0.3) is 55.8 Å². The van der Waals surface area contributed by atoms with Crippen molar-refractivity contribution in [1.29, 1.82) is 0 Å². The number of nitrogens with zero attached hydrogens (tertiary/aromatic N) is 5. The Labute approximate surface area is 234 Å². The number of hydrogen-bond donors (Lipinski definition) is 3. The van der Waals surface area contributed by atoms with Gasteiger partial charge in [-0.3, -0.25) is 24.8 Å². The molecule has 0 saturated heterocycles. The Morgan fingerprint density at radius 1 is 0.927 bits per heavy atom. The van der Waals surface area contributed by atoms with E-state index in [9.17, 15) is 9.18 Å². The van der Waals surface area contributed by atoms with Crippen molar-refractivity contribution in [2.75, 3.05) is 5.32 Å². The molecule has 0 radical (unpaired) electrons. The maximum absolute atomic E-state index is 13.5. The van der Waals surface area contributed by atoms with E-state index >= 15 is 0 Å². The molecule has 0 aliphatic heterocycles. The fourth-order valence-corrected chi connectivity index (χ4v) is 5.65. The fourth-order valence-electron chi connectivity index (χ4n) is 5.65. The molecule has 6 aromatic rings. The number of H-pyrrole nitrogens is 2. The van der Waals surface area contributed by atoms with Gasteiger partial charge in [0.15, 0.2) is 5.82 Å². The van der Waals surface area contributed by atoms with Crippen molar-refractivity contribution >= 4 is 33.5 Å². The summed E-state index contributed by atoms with van der Waals surface area (Å²) in [5.74, 6) is 0.758. The first kappa shape index (κ1) is 25.0. The minimum Gasteiger partial charge on any atom is -0.335 e. The molecular weight excluding hydrogens is 519 g/mol. The quantitative estimate of drug-likeness (QED) is 0.214. The van der Waals surface area contributed by atoms with Gasteiger partial charge in [0, 0.05) is 35.3 Å². The van der Waals surface area contributed by atoms with Crippen LogP contribution in [-0.4, -0.2) is 41.0 Å². The van der Waals surface area contributed by atoms with Gasteiger partial charge in [-0.05, 0) is 48.6 Å². The van der Waals surface area contributed by atoms with E-state index in [1.807, 2.05) is 12.1 Å². The summed E-state index contributed by atoms with van der Waals surface area (Å²) in [5, 5.41) is 11.4. The zero-order valence-corrected chi connectivity index (χ0v) is 22.2. The summed E-state index contributed by atoms with van der Waals surface area (Å²) in [7, 11) is 0. The Kier molecular flexibility index (Phi) is 6.42. The molecule has 10 heteroatoms. The Morgan fingerprint density at radius 2 is 1.76 bits per heavy atom. The van der Waals surface area contributed by atoms with Crippen molar-refractivity contribution < 1.29 is 9.18 Å². The van der Waals surface area contributed by atoms with E-state index in [-0.39, 0.29) is 11.7 Å². The Balaban J connectivity index is 1.19. The monoisotopic (exact) mass is 546 g/mol. The van der Waals surface area contributed by atoms with Crippen molar-refractivity contribution in [3.8, 4) is 33.9 Å². The molecule has 204 valence electrons. The largest absolute Gasteiger partial charge is 0.335 e. The van der Waals surface area contributed by atoms with Crippen LogP contribution < -0.4 is 5.32 Å². The number of fused-ring (bicyclic) bond motifs is 2. The molecular formula is C31H27FN8O. The number of pyridine rings is 3. The third kappa shape index (κ3) is 5.04. The summed E-state index contributed by atoms with van der Waals surface area (Å²) < 4.78 is 13.5. The number of amides is 1. The van der Waals surface area contributed by atoms with Crippen LogP contribution in [0.1, 0.15) is 38.5 Å². The highest BCUT2D eigenvalue weighted by atomic mass is 19.1. The SMILES string of the molecule is O=C(CC1CCCCC1)Nc1cncc(-c2cc3c(-c4nc5c(-c6ccc(F)cc6)cncc5[nH]4)n[nH]c3cn2)c1. The van der Waals surface area contributed by atoms with E-state index in [0.29, 0.717) is 40.8 Å². The third-order valence-electron chi connectivity index (χ3n) is 7.74. The second-order valence-electron chi connectivity index (χ2n) is 10.6. The summed E-state index contributed by atoms with van der Waals surface area (Å²) in [6.45, 7) is 0. The van der Waals surface area contributed by atoms with Gasteiger partial charge < -0.3 is 10.3 Å². The highest BCUT2D eigenvalue weighted by Gasteiger charge is 2.19. The van der Waals surface area contributed by atoms with Gasteiger partial charge in [-0.1, -0.05) is 31.4 Å². The normalized spacial score (nSPS) is 14.1. The number of carbonyl (C=O) groups excluding carboxylic acids is 1. The molecule has 5 aromatic heterocycles. The maximum atomic E-state index is 13.5. The van der Waals surface area contributed by atoms with Gasteiger partial charge in [0.05, 0.1) is 46.5 Å². The average molecular weight is 547 g/mol. The maximum Gasteiger partial charge on any atom is 0.224 e. The highest BCUT2D eigenvalue weighted by Crippen LogP contribution is 2.32. The lowest BCUT2D eigenvalue weighted by Crippen LogP contribution is -2.18. The van der Waals surface area contributed by atoms with E-state index < -0.39 is 0 Å². The molecule has 9 nitrogen and oxygen atoms in total. The van der Waals surface area contributed by atoms with Crippen molar-refractivity contribution in [3.63, 3.8) is 0 Å². The second-order valence-corrected chi connectivity index (χ2v) is 10.6. The van der Waals surface area contributed by atoms with E-state index in [1.165, 1.54) is 31.4 Å². The van der Waals surface area contributed by atoms with Gasteiger partial charge in [-0.15, -0.1) is 0 Å². The third-order valence-corrected chi connectivity index (χ3v) is 7.74. The first-order chi connectivity index (χ1) is 20.1. The number of benzene rings is 1. The molecule has 3 N–H and O–H groups in total. The van der Waals surface area contributed by atoms with E-state index in [0.717, 1.165) is 46.0 Å². The highest BCUT2D eigenvalue weighted by molar-refractivity contribution is 5.97. The van der Waals surface area contributed by atoms with Crippen LogP contribution in [0.2, 0.25) is 0 Å². The molecule has 41 heavy (non-hydrogen) atoms. The number of imidazole rings is 1. The van der Waals surface area contributed by atoms with Gasteiger partial charge in [-0.25, -0.2) is 9.37 Å². The minimum atomic E-state index is -0.299. The van der Waals surface area contributed by atoms with Crippen molar-refractivity contribution in [2.45, 2.75) is 38.5 Å². The van der Waals surface area contributed by atoms with Crippen LogP contribution in [0, 0.1) is 11.7 Å². The number of rotatable bonds is 6. The molecule has 1 aromatic carbocycles. The van der Waals surface area contributed by atoms with Crippen LogP contribution in [0.4, 0.5) is 10.1 Å². The molecule has 0 spiro atoms. The van der Waals surface area contributed by atoms with E-state index in [4.69, 9.17) is 4.98 Å². The molecule has 0 atom stereocenters. The van der Waals surface area contributed by atoms with Crippen LogP contribution >= 0.6 is 0 Å². The van der Waals surface area contributed by atoms with Gasteiger partial charge in [-0.2, -0.15) is 5.10 Å². The standard InChI is InChI=1S/C31H27FN8O/c32-21-8-6-19(7-9-21)24-15-34-16-27-29(24)38-31(37-27)30-23-12-25(35-17-26(23)39-40-30)20-11-22(14-33-13-20)36-28(41)10-18-4-2-1-3-5-18/h6-9,11-18H,1-5,10H2,(H,36,41)(H,37,38)(H,39,40). The number of carbonyl (C=O) groups is 1. The summed E-state index contributed by atoms with van der Waals surface area (Å²) in [4.78, 5) is 34.2. The van der Waals surface area contributed by atoms with Crippen LogP contribution in [0.5, 0.6) is 0 Å². The predicted octanol–water partition coefficient (Wildman–Crippen LogP) is 6.67. The minimum absolute atomic E-state index is 0.0239. The Bertz CT molecular complexity index is 1870. The summed E-state index contributed by atoms with van der Waals surface area (Å²) >= 11 is 0. The Morgan fingerprint density at radius 3 is 2.61 bits per heavy atom. The van der Waals surface area contributed by atoms with E-state index in [1.54, 1.807) is 43.1 Å². The molecule has 0 unspecified atom stereocenters. The lowest BCUT2D eigenvalue weighted by Gasteiger charge is -2.20.